The molecule has 0 radical (unpaired) electrons. The van der Waals surface area contributed by atoms with Crippen LogP contribution in [0.25, 0.3) is 10.9 Å². The highest BCUT2D eigenvalue weighted by Crippen LogP contribution is 2.28. The molecule has 4 rings (SSSR count). The number of rotatable bonds is 3. The number of hydrogen-bond acceptors (Lipinski definition) is 4. The van der Waals surface area contributed by atoms with Crippen LogP contribution in [0.3, 0.4) is 0 Å². The molecule has 0 amide bonds. The third kappa shape index (κ3) is 3.15. The molecule has 0 bridgehead atoms. The summed E-state index contributed by atoms with van der Waals surface area (Å²) in [5.41, 5.74) is 1.89. The maximum atomic E-state index is 5.95. The average molecular weight is 339 g/mol. The van der Waals surface area contributed by atoms with Crippen molar-refractivity contribution >= 4 is 40.0 Å². The molecule has 0 spiro atoms. The topological polar surface area (TPSA) is 41.1 Å². The van der Waals surface area contributed by atoms with Crippen molar-refractivity contribution in [3.8, 4) is 0 Å². The Labute approximate surface area is 146 Å². The summed E-state index contributed by atoms with van der Waals surface area (Å²) in [5, 5.41) is 5.12. The Morgan fingerprint density at radius 2 is 1.62 bits per heavy atom. The van der Waals surface area contributed by atoms with Crippen LogP contribution in [-0.4, -0.2) is 23.1 Å². The number of halogens is 1. The van der Waals surface area contributed by atoms with Gasteiger partial charge in [-0.3, -0.25) is 0 Å². The van der Waals surface area contributed by atoms with Crippen LogP contribution < -0.4 is 10.2 Å². The van der Waals surface area contributed by atoms with Gasteiger partial charge in [-0.15, -0.1) is 0 Å². The molecule has 2 aromatic carbocycles. The van der Waals surface area contributed by atoms with E-state index in [9.17, 15) is 0 Å². The molecule has 2 heterocycles. The smallest absolute Gasteiger partial charge is 0.229 e. The lowest BCUT2D eigenvalue weighted by Gasteiger charge is -2.28. The normalized spacial score (nSPS) is 14.8. The van der Waals surface area contributed by atoms with Crippen LogP contribution in [0.1, 0.15) is 19.3 Å². The van der Waals surface area contributed by atoms with E-state index < -0.39 is 0 Å². The molecule has 1 aromatic heterocycles. The zero-order valence-corrected chi connectivity index (χ0v) is 14.1. The number of fused-ring (bicyclic) bond motifs is 1. The molecular formula is C19H19ClN4. The fourth-order valence-corrected chi connectivity index (χ4v) is 3.25. The zero-order valence-electron chi connectivity index (χ0n) is 13.4. The van der Waals surface area contributed by atoms with Crippen LogP contribution in [0.2, 0.25) is 5.02 Å². The van der Waals surface area contributed by atoms with Gasteiger partial charge in [0.25, 0.3) is 0 Å². The fourth-order valence-electron chi connectivity index (χ4n) is 3.12. The molecule has 4 nitrogen and oxygen atoms in total. The van der Waals surface area contributed by atoms with Crippen molar-refractivity contribution in [3.63, 3.8) is 0 Å². The Kier molecular flexibility index (Phi) is 4.22. The Balaban J connectivity index is 1.74. The minimum absolute atomic E-state index is 0.622. The molecule has 0 aliphatic carbocycles. The van der Waals surface area contributed by atoms with Crippen LogP contribution >= 0.6 is 11.6 Å². The molecule has 1 saturated heterocycles. The summed E-state index contributed by atoms with van der Waals surface area (Å²) >= 11 is 5.95. The summed E-state index contributed by atoms with van der Waals surface area (Å²) in [7, 11) is 0. The van der Waals surface area contributed by atoms with E-state index in [0.717, 1.165) is 35.5 Å². The van der Waals surface area contributed by atoms with Gasteiger partial charge in [-0.1, -0.05) is 23.7 Å². The van der Waals surface area contributed by atoms with Crippen molar-refractivity contribution in [1.82, 2.24) is 9.97 Å². The summed E-state index contributed by atoms with van der Waals surface area (Å²) in [6.07, 6.45) is 3.74. The first-order valence-electron chi connectivity index (χ1n) is 8.34. The van der Waals surface area contributed by atoms with Crippen molar-refractivity contribution in [2.75, 3.05) is 23.3 Å². The van der Waals surface area contributed by atoms with Crippen LogP contribution in [-0.2, 0) is 0 Å². The highest BCUT2D eigenvalue weighted by atomic mass is 35.5. The Bertz CT molecular complexity index is 842. The second-order valence-corrected chi connectivity index (χ2v) is 6.50. The number of nitrogens with zero attached hydrogens (tertiary/aromatic N) is 3. The average Bonchev–Trinajstić information content (AvgIpc) is 2.64. The van der Waals surface area contributed by atoms with E-state index in [1.165, 1.54) is 19.3 Å². The van der Waals surface area contributed by atoms with Gasteiger partial charge < -0.3 is 10.2 Å². The fraction of sp³-hybridized carbons (Fsp3) is 0.263. The van der Waals surface area contributed by atoms with E-state index in [1.807, 2.05) is 42.5 Å². The molecule has 24 heavy (non-hydrogen) atoms. The molecule has 1 aliphatic rings. The molecule has 0 unspecified atom stereocenters. The van der Waals surface area contributed by atoms with E-state index in [4.69, 9.17) is 16.6 Å². The Hall–Kier alpha value is -2.33. The van der Waals surface area contributed by atoms with Gasteiger partial charge in [-0.2, -0.15) is 4.98 Å². The van der Waals surface area contributed by atoms with E-state index in [-0.39, 0.29) is 0 Å². The monoisotopic (exact) mass is 338 g/mol. The van der Waals surface area contributed by atoms with Gasteiger partial charge in [0.1, 0.15) is 5.82 Å². The molecule has 0 atom stereocenters. The van der Waals surface area contributed by atoms with Crippen LogP contribution in [0.15, 0.2) is 48.5 Å². The number of anilines is 3. The van der Waals surface area contributed by atoms with E-state index in [2.05, 4.69) is 21.3 Å². The predicted molar refractivity (Wildman–Crippen MR) is 100 cm³/mol. The molecule has 1 N–H and O–H groups in total. The summed E-state index contributed by atoms with van der Waals surface area (Å²) < 4.78 is 0. The minimum Gasteiger partial charge on any atom is -0.356 e. The third-order valence-corrected chi connectivity index (χ3v) is 4.59. The second-order valence-electron chi connectivity index (χ2n) is 6.07. The Morgan fingerprint density at radius 3 is 2.42 bits per heavy atom. The number of hydrogen-bond donors (Lipinski definition) is 1. The van der Waals surface area contributed by atoms with Crippen LogP contribution in [0.5, 0.6) is 0 Å². The van der Waals surface area contributed by atoms with Crippen molar-refractivity contribution in [1.29, 1.82) is 0 Å². The van der Waals surface area contributed by atoms with Crippen molar-refractivity contribution in [2.24, 2.45) is 0 Å². The SMILES string of the molecule is Clc1ccc(Nc2nc(N3CCCCC3)c3ccccc3n2)cc1. The first kappa shape index (κ1) is 15.2. The molecular weight excluding hydrogens is 320 g/mol. The number of benzene rings is 2. The van der Waals surface area contributed by atoms with Gasteiger partial charge in [0.2, 0.25) is 5.95 Å². The van der Waals surface area contributed by atoms with Gasteiger partial charge >= 0.3 is 0 Å². The van der Waals surface area contributed by atoms with E-state index in [0.29, 0.717) is 11.0 Å². The zero-order chi connectivity index (χ0) is 16.4. The molecule has 0 saturated carbocycles. The minimum atomic E-state index is 0.622. The second kappa shape index (κ2) is 6.65. The number of aromatic nitrogens is 2. The summed E-state index contributed by atoms with van der Waals surface area (Å²) in [4.78, 5) is 11.9. The van der Waals surface area contributed by atoms with Gasteiger partial charge in [0.15, 0.2) is 0 Å². The Morgan fingerprint density at radius 1 is 0.875 bits per heavy atom. The standard InChI is InChI=1S/C19H19ClN4/c20-14-8-10-15(11-9-14)21-19-22-17-7-3-2-6-16(17)18(23-19)24-12-4-1-5-13-24/h2-3,6-11H,1,4-5,12-13H2,(H,21,22,23). The number of para-hydroxylation sites is 1. The van der Waals surface area contributed by atoms with E-state index >= 15 is 0 Å². The van der Waals surface area contributed by atoms with E-state index in [1.54, 1.807) is 0 Å². The van der Waals surface area contributed by atoms with Gasteiger partial charge in [0.05, 0.1) is 5.52 Å². The number of nitrogens with one attached hydrogen (secondary N) is 1. The van der Waals surface area contributed by atoms with Crippen molar-refractivity contribution in [2.45, 2.75) is 19.3 Å². The van der Waals surface area contributed by atoms with Gasteiger partial charge in [0, 0.05) is 29.2 Å². The lowest BCUT2D eigenvalue weighted by molar-refractivity contribution is 0.575. The van der Waals surface area contributed by atoms with Crippen molar-refractivity contribution in [3.05, 3.63) is 53.6 Å². The lowest BCUT2D eigenvalue weighted by atomic mass is 10.1. The maximum absolute atomic E-state index is 5.95. The van der Waals surface area contributed by atoms with Crippen LogP contribution in [0.4, 0.5) is 17.5 Å². The molecule has 122 valence electrons. The van der Waals surface area contributed by atoms with Gasteiger partial charge in [-0.05, 0) is 55.7 Å². The molecule has 1 aliphatic heterocycles. The molecule has 5 heteroatoms. The maximum Gasteiger partial charge on any atom is 0.229 e. The van der Waals surface area contributed by atoms with Gasteiger partial charge in [-0.25, -0.2) is 4.98 Å². The quantitative estimate of drug-likeness (QED) is 0.728. The molecule has 3 aromatic rings. The first-order valence-corrected chi connectivity index (χ1v) is 8.72. The van der Waals surface area contributed by atoms with Crippen LogP contribution in [0, 0.1) is 0 Å². The highest BCUT2D eigenvalue weighted by Gasteiger charge is 2.17. The molecule has 1 fully saturated rings. The lowest BCUT2D eigenvalue weighted by Crippen LogP contribution is -2.30. The number of piperidine rings is 1. The predicted octanol–water partition coefficient (Wildman–Crippen LogP) is 5.02. The first-order chi connectivity index (χ1) is 11.8. The highest BCUT2D eigenvalue weighted by molar-refractivity contribution is 6.30. The van der Waals surface area contributed by atoms with Crippen molar-refractivity contribution < 1.29 is 0 Å². The summed E-state index contributed by atoms with van der Waals surface area (Å²) in [6.45, 7) is 2.11. The summed E-state index contributed by atoms with van der Waals surface area (Å²) in [5.74, 6) is 1.65. The third-order valence-electron chi connectivity index (χ3n) is 4.34. The summed E-state index contributed by atoms with van der Waals surface area (Å²) in [6, 6.07) is 15.8. The largest absolute Gasteiger partial charge is 0.356 e.